The van der Waals surface area contributed by atoms with E-state index in [1.807, 2.05) is 0 Å². The molecule has 1 atom stereocenters. The van der Waals surface area contributed by atoms with Crippen molar-refractivity contribution in [1.29, 1.82) is 0 Å². The Morgan fingerprint density at radius 3 is 2.69 bits per heavy atom. The molecule has 1 unspecified atom stereocenters. The third kappa shape index (κ3) is 5.21. The number of methoxy groups -OCH3 is 1. The van der Waals surface area contributed by atoms with Crippen LogP contribution in [0.2, 0.25) is 4.18 Å². The third-order valence-corrected chi connectivity index (χ3v) is 10.4. The number of hydrogen-bond donors (Lipinski definition) is 0. The van der Waals surface area contributed by atoms with Crippen LogP contribution >= 0.6 is 0 Å². The summed E-state index contributed by atoms with van der Waals surface area (Å²) in [6.07, 6.45) is 2.63. The second kappa shape index (κ2) is 8.56. The van der Waals surface area contributed by atoms with Gasteiger partial charge in [0.2, 0.25) is 0 Å². The Morgan fingerprint density at radius 2 is 2.12 bits per heavy atom. The zero-order valence-electron chi connectivity index (χ0n) is 10.8. The summed E-state index contributed by atoms with van der Waals surface area (Å²) in [5.74, 6) is 0. The monoisotopic (exact) mass is 329 g/mol. The van der Waals surface area contributed by atoms with Gasteiger partial charge in [0.1, 0.15) is 0 Å². The van der Waals surface area contributed by atoms with Crippen LogP contribution in [0.5, 0.6) is 0 Å². The van der Waals surface area contributed by atoms with Crippen LogP contribution in [0.1, 0.15) is 13.8 Å². The Balaban J connectivity index is 2.02. The molecule has 0 aromatic heterocycles. The summed E-state index contributed by atoms with van der Waals surface area (Å²) in [6, 6.07) is 0. The van der Waals surface area contributed by atoms with Gasteiger partial charge in [-0.1, -0.05) is 0 Å². The van der Waals surface area contributed by atoms with Crippen LogP contribution in [0.3, 0.4) is 0 Å². The van der Waals surface area contributed by atoms with Crippen molar-refractivity contribution in [2.24, 2.45) is 0 Å². The van der Waals surface area contributed by atoms with Gasteiger partial charge >= 0.3 is 108 Å². The Morgan fingerprint density at radius 1 is 1.38 bits per heavy atom. The van der Waals surface area contributed by atoms with Gasteiger partial charge in [0.05, 0.1) is 0 Å². The molecule has 0 aromatic carbocycles. The van der Waals surface area contributed by atoms with Crippen LogP contribution in [-0.4, -0.2) is 70.2 Å². The molecule has 3 nitrogen and oxygen atoms in total. The van der Waals surface area contributed by atoms with Gasteiger partial charge in [-0.25, -0.2) is 0 Å². The van der Waals surface area contributed by atoms with Crippen LogP contribution in [-0.2, 0) is 9.47 Å². The van der Waals surface area contributed by atoms with E-state index in [4.69, 9.17) is 9.47 Å². The molecule has 0 bridgehead atoms. The molecule has 0 N–H and O–H groups in total. The Labute approximate surface area is 107 Å². The molecule has 0 saturated carbocycles. The summed E-state index contributed by atoms with van der Waals surface area (Å²) in [7, 11) is 1.80. The SMILES string of the molecule is CCN(CC)CCO[CH2][In]1[CH]=CC(OC)[CH2]1. The van der Waals surface area contributed by atoms with E-state index in [2.05, 4.69) is 28.7 Å². The van der Waals surface area contributed by atoms with Crippen molar-refractivity contribution in [3.63, 3.8) is 0 Å². The molecule has 1 aliphatic heterocycles. The van der Waals surface area contributed by atoms with Crippen molar-refractivity contribution in [1.82, 2.24) is 4.90 Å². The molecule has 4 heteroatoms. The number of nitrogens with zero attached hydrogens (tertiary/aromatic N) is 1. The molecule has 0 fully saturated rings. The Hall–Kier alpha value is 0.490. The number of hydrogen-bond acceptors (Lipinski definition) is 3. The minimum atomic E-state index is -1.46. The second-order valence-electron chi connectivity index (χ2n) is 4.26. The van der Waals surface area contributed by atoms with Gasteiger partial charge in [-0.15, -0.1) is 0 Å². The van der Waals surface area contributed by atoms with E-state index >= 15 is 0 Å². The second-order valence-corrected chi connectivity index (χ2v) is 12.0. The fourth-order valence-electron chi connectivity index (χ4n) is 2.00. The van der Waals surface area contributed by atoms with Crippen molar-refractivity contribution in [2.45, 2.75) is 24.1 Å². The zero-order valence-corrected chi connectivity index (χ0v) is 14.1. The predicted octanol–water partition coefficient (Wildman–Crippen LogP) is 1.50. The van der Waals surface area contributed by atoms with Gasteiger partial charge in [0.25, 0.3) is 0 Å². The summed E-state index contributed by atoms with van der Waals surface area (Å²) in [5, 5.41) is 0. The van der Waals surface area contributed by atoms with Crippen molar-refractivity contribution in [2.75, 3.05) is 37.7 Å². The molecule has 0 saturated heterocycles. The van der Waals surface area contributed by atoms with Crippen LogP contribution in [0.25, 0.3) is 0 Å². The molecule has 92 valence electrons. The molecule has 1 aliphatic rings. The van der Waals surface area contributed by atoms with Crippen LogP contribution in [0.15, 0.2) is 9.91 Å². The van der Waals surface area contributed by atoms with Crippen molar-refractivity contribution < 1.29 is 9.47 Å². The molecule has 0 aromatic rings. The Kier molecular flexibility index (Phi) is 7.79. The van der Waals surface area contributed by atoms with Crippen molar-refractivity contribution >= 4 is 21.4 Å². The van der Waals surface area contributed by atoms with E-state index < -0.39 is 21.4 Å². The van der Waals surface area contributed by atoms with Gasteiger partial charge in [-0.3, -0.25) is 0 Å². The molecule has 0 spiro atoms. The summed E-state index contributed by atoms with van der Waals surface area (Å²) >= 11 is -1.46. The minimum absolute atomic E-state index is 0.396. The summed E-state index contributed by atoms with van der Waals surface area (Å²) < 4.78 is 15.9. The van der Waals surface area contributed by atoms with E-state index in [0.717, 1.165) is 30.6 Å². The van der Waals surface area contributed by atoms with Gasteiger partial charge in [-0.2, -0.15) is 0 Å². The van der Waals surface area contributed by atoms with Crippen LogP contribution < -0.4 is 0 Å². The molecular formula is C12H24InNO2. The fraction of sp³-hybridized carbons (Fsp3) is 0.833. The van der Waals surface area contributed by atoms with Gasteiger partial charge in [0, 0.05) is 0 Å². The van der Waals surface area contributed by atoms with E-state index in [-0.39, 0.29) is 0 Å². The Bertz CT molecular complexity index is 207. The van der Waals surface area contributed by atoms with Gasteiger partial charge < -0.3 is 0 Å². The maximum absolute atomic E-state index is 5.79. The molecule has 16 heavy (non-hydrogen) atoms. The zero-order chi connectivity index (χ0) is 11.8. The normalized spacial score (nSPS) is 20.0. The first-order chi connectivity index (χ1) is 7.80. The topological polar surface area (TPSA) is 21.7 Å². The quantitative estimate of drug-likeness (QED) is 0.630. The molecule has 1 rings (SSSR count). The number of rotatable bonds is 8. The van der Waals surface area contributed by atoms with Crippen molar-refractivity contribution in [3.05, 3.63) is 9.91 Å². The average Bonchev–Trinajstić information content (AvgIpc) is 2.77. The molecule has 1 heterocycles. The summed E-state index contributed by atoms with van der Waals surface area (Å²) in [4.78, 5) is 2.40. The summed E-state index contributed by atoms with van der Waals surface area (Å²) in [6.45, 7) is 8.61. The first-order valence-electron chi connectivity index (χ1n) is 6.31. The van der Waals surface area contributed by atoms with Crippen LogP contribution in [0.4, 0.5) is 0 Å². The fourth-order valence-corrected chi connectivity index (χ4v) is 8.80. The third-order valence-electron chi connectivity index (χ3n) is 3.21. The van der Waals surface area contributed by atoms with E-state index in [0.29, 0.717) is 6.10 Å². The average molecular weight is 329 g/mol. The molecule has 0 amide bonds. The van der Waals surface area contributed by atoms with E-state index in [1.165, 1.54) is 4.18 Å². The molecular weight excluding hydrogens is 305 g/mol. The first kappa shape index (κ1) is 14.6. The standard InChI is InChI=1S/C7H16NO.C5H8O.In/c1-4-8(5-2)6-7-9-3;1-4-5(2)6-3;/h3-7H2,1-2H3;1,4-5H,2H2,3H3;. The maximum atomic E-state index is 5.79. The van der Waals surface area contributed by atoms with Crippen LogP contribution in [0, 0.1) is 0 Å². The van der Waals surface area contributed by atoms with E-state index in [9.17, 15) is 0 Å². The first-order valence-corrected chi connectivity index (χ1v) is 12.9. The number of likely N-dealkylation sites (N-methyl/N-ethyl adjacent to an activating group) is 1. The van der Waals surface area contributed by atoms with Crippen molar-refractivity contribution in [3.8, 4) is 0 Å². The summed E-state index contributed by atoms with van der Waals surface area (Å²) in [5.41, 5.74) is 0. The number of ether oxygens (including phenoxy) is 2. The predicted molar refractivity (Wildman–Crippen MR) is 69.1 cm³/mol. The van der Waals surface area contributed by atoms with Gasteiger partial charge in [-0.05, 0) is 0 Å². The van der Waals surface area contributed by atoms with Gasteiger partial charge in [0.15, 0.2) is 0 Å². The molecule has 0 radical (unpaired) electrons. The molecule has 0 aliphatic carbocycles. The van der Waals surface area contributed by atoms with E-state index in [1.54, 1.807) is 7.11 Å².